The number of ether oxygens (including phenoxy) is 1. The van der Waals surface area contributed by atoms with E-state index >= 15 is 0 Å². The molecule has 0 aliphatic heterocycles. The van der Waals surface area contributed by atoms with Crippen LogP contribution in [-0.4, -0.2) is 32.9 Å². The van der Waals surface area contributed by atoms with E-state index in [1.165, 1.54) is 0 Å². The summed E-state index contributed by atoms with van der Waals surface area (Å²) in [6, 6.07) is 10.7. The van der Waals surface area contributed by atoms with Gasteiger partial charge in [-0.3, -0.25) is 10.1 Å². The fourth-order valence-electron chi connectivity index (χ4n) is 2.87. The molecule has 27 heavy (non-hydrogen) atoms. The Hall–Kier alpha value is -3.39. The van der Waals surface area contributed by atoms with Crippen molar-refractivity contribution in [3.05, 3.63) is 51.8 Å². The van der Waals surface area contributed by atoms with Gasteiger partial charge in [0, 0.05) is 10.9 Å². The van der Waals surface area contributed by atoms with Crippen LogP contribution in [0.3, 0.4) is 0 Å². The van der Waals surface area contributed by atoms with Crippen molar-refractivity contribution in [2.24, 2.45) is 0 Å². The molecule has 1 amide bonds. The summed E-state index contributed by atoms with van der Waals surface area (Å²) in [5, 5.41) is 10.8. The van der Waals surface area contributed by atoms with Gasteiger partial charge in [0.1, 0.15) is 5.52 Å². The average Bonchev–Trinajstić information content (AvgIpc) is 3.05. The number of carbonyl (C=O) groups is 1. The van der Waals surface area contributed by atoms with E-state index in [0.717, 1.165) is 0 Å². The summed E-state index contributed by atoms with van der Waals surface area (Å²) < 4.78 is 4.84. The highest BCUT2D eigenvalue weighted by Gasteiger charge is 2.14. The maximum atomic E-state index is 12.0. The number of aromatic nitrogens is 4. The Balaban J connectivity index is 1.83. The van der Waals surface area contributed by atoms with Crippen LogP contribution in [0.15, 0.2) is 41.2 Å². The minimum atomic E-state index is -0.610. The molecule has 0 bridgehead atoms. The SMILES string of the molecule is CCOC(=O)Nc1nc2c(Cl)cc(-c3n[nH]c(=O)c4ccccc34)cc2[nH]1. The van der Waals surface area contributed by atoms with E-state index in [1.54, 1.807) is 31.2 Å². The minimum absolute atomic E-state index is 0.224. The van der Waals surface area contributed by atoms with Crippen molar-refractivity contribution < 1.29 is 9.53 Å². The van der Waals surface area contributed by atoms with Crippen molar-refractivity contribution in [2.45, 2.75) is 6.92 Å². The molecule has 2 heterocycles. The van der Waals surface area contributed by atoms with E-state index in [2.05, 4.69) is 25.5 Å². The molecule has 2 aromatic heterocycles. The molecule has 0 saturated carbocycles. The van der Waals surface area contributed by atoms with Crippen LogP contribution in [0.4, 0.5) is 10.7 Å². The number of hydrogen-bond donors (Lipinski definition) is 3. The minimum Gasteiger partial charge on any atom is -0.450 e. The summed E-state index contributed by atoms with van der Waals surface area (Å²) in [4.78, 5) is 30.8. The number of fused-ring (bicyclic) bond motifs is 2. The van der Waals surface area contributed by atoms with Gasteiger partial charge in [0.05, 0.1) is 28.2 Å². The number of aromatic amines is 2. The number of amides is 1. The first kappa shape index (κ1) is 17.0. The van der Waals surface area contributed by atoms with Crippen LogP contribution in [0.5, 0.6) is 0 Å². The molecular formula is C18H14ClN5O3. The van der Waals surface area contributed by atoms with Crippen LogP contribution < -0.4 is 10.9 Å². The molecule has 0 fully saturated rings. The smallest absolute Gasteiger partial charge is 0.413 e. The molecule has 8 nitrogen and oxygen atoms in total. The number of anilines is 1. The van der Waals surface area contributed by atoms with Crippen molar-refractivity contribution in [2.75, 3.05) is 11.9 Å². The predicted octanol–water partition coefficient (Wildman–Crippen LogP) is 3.69. The molecule has 0 radical (unpaired) electrons. The Morgan fingerprint density at radius 2 is 2.04 bits per heavy atom. The normalized spacial score (nSPS) is 11.0. The highest BCUT2D eigenvalue weighted by Crippen LogP contribution is 2.32. The number of H-pyrrole nitrogens is 2. The molecule has 3 N–H and O–H groups in total. The third kappa shape index (κ3) is 3.11. The molecule has 9 heteroatoms. The summed E-state index contributed by atoms with van der Waals surface area (Å²) in [5.74, 6) is 0.224. The number of benzene rings is 2. The van der Waals surface area contributed by atoms with Crippen molar-refractivity contribution in [1.82, 2.24) is 20.2 Å². The first-order valence-electron chi connectivity index (χ1n) is 8.17. The van der Waals surface area contributed by atoms with E-state index in [-0.39, 0.29) is 18.1 Å². The lowest BCUT2D eigenvalue weighted by Crippen LogP contribution is -2.14. The molecule has 4 aromatic rings. The van der Waals surface area contributed by atoms with Gasteiger partial charge in [0.15, 0.2) is 0 Å². The summed E-state index contributed by atoms with van der Waals surface area (Å²) in [6.45, 7) is 1.96. The number of carbonyl (C=O) groups excluding carboxylic acids is 1. The fraction of sp³-hybridized carbons (Fsp3) is 0.111. The molecule has 0 aliphatic rings. The first-order valence-corrected chi connectivity index (χ1v) is 8.55. The number of nitrogens with zero attached hydrogens (tertiary/aromatic N) is 2. The van der Waals surface area contributed by atoms with Gasteiger partial charge < -0.3 is 9.72 Å². The first-order chi connectivity index (χ1) is 13.1. The Bertz CT molecular complexity index is 1230. The third-order valence-corrected chi connectivity index (χ3v) is 4.29. The van der Waals surface area contributed by atoms with E-state index in [9.17, 15) is 9.59 Å². The molecule has 136 valence electrons. The maximum Gasteiger partial charge on any atom is 0.413 e. The predicted molar refractivity (Wildman–Crippen MR) is 103 cm³/mol. The monoisotopic (exact) mass is 383 g/mol. The number of nitrogens with one attached hydrogen (secondary N) is 3. The van der Waals surface area contributed by atoms with Gasteiger partial charge in [-0.2, -0.15) is 5.10 Å². The second kappa shape index (κ2) is 6.73. The van der Waals surface area contributed by atoms with E-state index in [0.29, 0.717) is 38.1 Å². The number of halogens is 1. The molecule has 0 atom stereocenters. The van der Waals surface area contributed by atoms with E-state index in [1.807, 2.05) is 12.1 Å². The van der Waals surface area contributed by atoms with E-state index in [4.69, 9.17) is 16.3 Å². The van der Waals surface area contributed by atoms with Gasteiger partial charge in [0.25, 0.3) is 5.56 Å². The number of rotatable bonds is 3. The average molecular weight is 384 g/mol. The van der Waals surface area contributed by atoms with Crippen molar-refractivity contribution in [1.29, 1.82) is 0 Å². The van der Waals surface area contributed by atoms with Crippen LogP contribution in [-0.2, 0) is 4.74 Å². The molecule has 0 saturated heterocycles. The molecule has 0 aliphatic carbocycles. The second-order valence-corrected chi connectivity index (χ2v) is 6.14. The topological polar surface area (TPSA) is 113 Å². The van der Waals surface area contributed by atoms with Gasteiger partial charge in [-0.15, -0.1) is 0 Å². The summed E-state index contributed by atoms with van der Waals surface area (Å²) in [6.07, 6.45) is -0.610. The maximum absolute atomic E-state index is 12.0. The second-order valence-electron chi connectivity index (χ2n) is 5.73. The van der Waals surface area contributed by atoms with Crippen LogP contribution in [0.25, 0.3) is 33.1 Å². The van der Waals surface area contributed by atoms with Crippen molar-refractivity contribution in [3.8, 4) is 11.3 Å². The van der Waals surface area contributed by atoms with Crippen molar-refractivity contribution in [3.63, 3.8) is 0 Å². The number of imidazole rings is 1. The molecule has 0 spiro atoms. The lowest BCUT2D eigenvalue weighted by Gasteiger charge is -2.06. The highest BCUT2D eigenvalue weighted by molar-refractivity contribution is 6.35. The van der Waals surface area contributed by atoms with Gasteiger partial charge in [0.2, 0.25) is 5.95 Å². The van der Waals surface area contributed by atoms with Gasteiger partial charge in [-0.05, 0) is 25.1 Å². The third-order valence-electron chi connectivity index (χ3n) is 4.01. The Morgan fingerprint density at radius 1 is 1.26 bits per heavy atom. The van der Waals surface area contributed by atoms with Gasteiger partial charge in [-0.25, -0.2) is 14.9 Å². The zero-order chi connectivity index (χ0) is 19.0. The largest absolute Gasteiger partial charge is 0.450 e. The molecular weight excluding hydrogens is 370 g/mol. The molecule has 2 aromatic carbocycles. The molecule has 0 unspecified atom stereocenters. The zero-order valence-corrected chi connectivity index (χ0v) is 14.9. The number of hydrogen-bond acceptors (Lipinski definition) is 5. The van der Waals surface area contributed by atoms with Crippen LogP contribution >= 0.6 is 11.6 Å². The zero-order valence-electron chi connectivity index (χ0n) is 14.2. The summed E-state index contributed by atoms with van der Waals surface area (Å²) >= 11 is 6.38. The highest BCUT2D eigenvalue weighted by atomic mass is 35.5. The molecule has 4 rings (SSSR count). The van der Waals surface area contributed by atoms with Gasteiger partial charge >= 0.3 is 6.09 Å². The summed E-state index contributed by atoms with van der Waals surface area (Å²) in [7, 11) is 0. The van der Waals surface area contributed by atoms with Crippen LogP contribution in [0.1, 0.15) is 6.92 Å². The van der Waals surface area contributed by atoms with Crippen LogP contribution in [0, 0.1) is 0 Å². The van der Waals surface area contributed by atoms with Crippen molar-refractivity contribution >= 4 is 45.4 Å². The Morgan fingerprint density at radius 3 is 2.81 bits per heavy atom. The van der Waals surface area contributed by atoms with Gasteiger partial charge in [-0.1, -0.05) is 29.8 Å². The Labute approximate surface area is 157 Å². The lowest BCUT2D eigenvalue weighted by atomic mass is 10.0. The van der Waals surface area contributed by atoms with Crippen LogP contribution in [0.2, 0.25) is 5.02 Å². The Kier molecular flexibility index (Phi) is 4.25. The fourth-order valence-corrected chi connectivity index (χ4v) is 3.13. The van der Waals surface area contributed by atoms with E-state index < -0.39 is 6.09 Å². The quantitative estimate of drug-likeness (QED) is 0.499. The summed E-state index contributed by atoms with van der Waals surface area (Å²) in [5.41, 5.74) is 2.14. The standard InChI is InChI=1S/C18H14ClN5O3/c1-2-27-18(26)22-17-20-13-8-9(7-12(19)15(13)21-17)14-10-5-3-4-6-11(10)16(25)24-23-14/h3-8H,2H2,1H3,(H,24,25)(H2,20,21,22,26). The lowest BCUT2D eigenvalue weighted by molar-refractivity contribution is 0.167.